The van der Waals surface area contributed by atoms with Crippen LogP contribution in [0, 0.1) is 5.82 Å². The van der Waals surface area contributed by atoms with Crippen molar-refractivity contribution in [2.24, 2.45) is 0 Å². The third-order valence-corrected chi connectivity index (χ3v) is 3.60. The van der Waals surface area contributed by atoms with E-state index in [0.29, 0.717) is 0 Å². The lowest BCUT2D eigenvalue weighted by Crippen LogP contribution is -2.31. The number of amides is 1. The van der Waals surface area contributed by atoms with E-state index < -0.39 is 23.7 Å². The molecule has 0 saturated carbocycles. The topological polar surface area (TPSA) is 105 Å². The number of β-amino-alcohol motifs (C(OH)–C–C–N with tert-alkyl or cyclic N) is 1. The molecule has 1 aliphatic heterocycles. The molecule has 0 bridgehead atoms. The van der Waals surface area contributed by atoms with Crippen LogP contribution in [0.5, 0.6) is 0 Å². The largest absolute Gasteiger partial charge is 0.466 e. The van der Waals surface area contributed by atoms with Crippen molar-refractivity contribution in [1.29, 1.82) is 0 Å². The molecule has 0 aromatic heterocycles. The van der Waals surface area contributed by atoms with E-state index in [9.17, 15) is 18.8 Å². The number of esters is 2. The van der Waals surface area contributed by atoms with Crippen LogP contribution in [0.4, 0.5) is 10.1 Å². The predicted molar refractivity (Wildman–Crippen MR) is 84.1 cm³/mol. The van der Waals surface area contributed by atoms with Gasteiger partial charge in [-0.2, -0.15) is 0 Å². The van der Waals surface area contributed by atoms with Crippen LogP contribution in [0.2, 0.25) is 0 Å². The molecule has 134 valence electrons. The lowest BCUT2D eigenvalue weighted by molar-refractivity contribution is -0.136. The molecule has 0 atom stereocenters. The summed E-state index contributed by atoms with van der Waals surface area (Å²) in [6.07, 6.45) is 0. The summed E-state index contributed by atoms with van der Waals surface area (Å²) >= 11 is 0. The summed E-state index contributed by atoms with van der Waals surface area (Å²) in [5.41, 5.74) is -0.0883. The van der Waals surface area contributed by atoms with Crippen LogP contribution in [0.1, 0.15) is 10.4 Å². The number of methoxy groups -OCH3 is 2. The maximum atomic E-state index is 13.4. The highest BCUT2D eigenvalue weighted by atomic mass is 19.1. The summed E-state index contributed by atoms with van der Waals surface area (Å²) in [6.45, 7) is -0.307. The van der Waals surface area contributed by atoms with Crippen LogP contribution in [0.15, 0.2) is 29.5 Å². The molecule has 2 rings (SSSR count). The molecule has 1 aliphatic rings. The molecular weight excluding hydrogens is 335 g/mol. The van der Waals surface area contributed by atoms with Gasteiger partial charge >= 0.3 is 11.9 Å². The van der Waals surface area contributed by atoms with Gasteiger partial charge in [-0.1, -0.05) is 0 Å². The smallest absolute Gasteiger partial charge is 0.340 e. The zero-order valence-corrected chi connectivity index (χ0v) is 13.7. The second kappa shape index (κ2) is 7.75. The second-order valence-corrected chi connectivity index (χ2v) is 5.10. The first-order chi connectivity index (χ1) is 11.9. The fourth-order valence-electron chi connectivity index (χ4n) is 2.39. The molecule has 0 radical (unpaired) electrons. The van der Waals surface area contributed by atoms with Crippen LogP contribution in [-0.2, 0) is 19.1 Å². The number of aliphatic hydroxyl groups excluding tert-OH is 1. The SMILES string of the molecule is COC(=O)C1=C(Nc2ccc(F)cc2C(=O)OC)C(=O)N(CCO)C1. The Morgan fingerprint density at radius 3 is 2.56 bits per heavy atom. The Morgan fingerprint density at radius 2 is 1.96 bits per heavy atom. The van der Waals surface area contributed by atoms with Crippen LogP contribution >= 0.6 is 0 Å². The van der Waals surface area contributed by atoms with Crippen molar-refractivity contribution in [2.75, 3.05) is 39.2 Å². The first-order valence-corrected chi connectivity index (χ1v) is 7.29. The first kappa shape index (κ1) is 18.4. The number of rotatable bonds is 6. The van der Waals surface area contributed by atoms with Crippen LogP contribution < -0.4 is 5.32 Å². The Labute approximate surface area is 142 Å². The van der Waals surface area contributed by atoms with Gasteiger partial charge in [-0.05, 0) is 18.2 Å². The van der Waals surface area contributed by atoms with Crippen molar-refractivity contribution >= 4 is 23.5 Å². The molecule has 0 saturated heterocycles. The third kappa shape index (κ3) is 3.77. The molecule has 1 aromatic rings. The summed E-state index contributed by atoms with van der Waals surface area (Å²) in [6, 6.07) is 3.31. The number of nitrogens with one attached hydrogen (secondary N) is 1. The Kier molecular flexibility index (Phi) is 5.71. The number of nitrogens with zero attached hydrogens (tertiary/aromatic N) is 1. The van der Waals surface area contributed by atoms with Crippen LogP contribution in [-0.4, -0.2) is 61.8 Å². The van der Waals surface area contributed by atoms with E-state index in [1.165, 1.54) is 18.1 Å². The second-order valence-electron chi connectivity index (χ2n) is 5.10. The minimum atomic E-state index is -0.806. The van der Waals surface area contributed by atoms with Gasteiger partial charge in [0.2, 0.25) is 0 Å². The highest BCUT2D eigenvalue weighted by Gasteiger charge is 2.35. The summed E-state index contributed by atoms with van der Waals surface area (Å²) < 4.78 is 22.7. The molecule has 8 nitrogen and oxygen atoms in total. The number of ether oxygens (including phenoxy) is 2. The number of carbonyl (C=O) groups is 3. The molecule has 0 spiro atoms. The zero-order valence-electron chi connectivity index (χ0n) is 13.7. The lowest BCUT2D eigenvalue weighted by Gasteiger charge is -2.15. The number of hydrogen-bond acceptors (Lipinski definition) is 7. The Morgan fingerprint density at radius 1 is 1.28 bits per heavy atom. The molecule has 1 heterocycles. The van der Waals surface area contributed by atoms with E-state index in [1.807, 2.05) is 0 Å². The first-order valence-electron chi connectivity index (χ1n) is 7.29. The molecular formula is C16H17FN2O6. The Hall–Kier alpha value is -2.94. The van der Waals surface area contributed by atoms with Crippen molar-refractivity contribution < 1.29 is 33.4 Å². The number of hydrogen-bond donors (Lipinski definition) is 2. The summed E-state index contributed by atoms with van der Waals surface area (Å²) in [5, 5.41) is 11.7. The standard InChI is InChI=1S/C16H17FN2O6/c1-24-15(22)10-7-9(17)3-4-12(10)18-13-11(16(23)25-2)8-19(5-6-20)14(13)21/h3-4,7,18,20H,5-6,8H2,1-2H3. The maximum absolute atomic E-state index is 13.4. The highest BCUT2D eigenvalue weighted by Crippen LogP contribution is 2.25. The molecule has 1 amide bonds. The molecule has 2 N–H and O–H groups in total. The average Bonchev–Trinajstić information content (AvgIpc) is 2.91. The van der Waals surface area contributed by atoms with Crippen LogP contribution in [0.3, 0.4) is 0 Å². The summed E-state index contributed by atoms with van der Waals surface area (Å²) in [4.78, 5) is 37.4. The van der Waals surface area contributed by atoms with E-state index in [2.05, 4.69) is 14.8 Å². The highest BCUT2D eigenvalue weighted by molar-refractivity contribution is 6.09. The van der Waals surface area contributed by atoms with Crippen LogP contribution in [0.25, 0.3) is 0 Å². The number of halogens is 1. The van der Waals surface area contributed by atoms with Crippen molar-refractivity contribution in [3.05, 3.63) is 40.8 Å². The van der Waals surface area contributed by atoms with Crippen molar-refractivity contribution in [2.45, 2.75) is 0 Å². The van der Waals surface area contributed by atoms with E-state index in [1.54, 1.807) is 0 Å². The van der Waals surface area contributed by atoms with Gasteiger partial charge in [-0.25, -0.2) is 14.0 Å². The minimum Gasteiger partial charge on any atom is -0.466 e. The van der Waals surface area contributed by atoms with Gasteiger partial charge in [-0.15, -0.1) is 0 Å². The van der Waals surface area contributed by atoms with Gasteiger partial charge in [0, 0.05) is 6.54 Å². The van der Waals surface area contributed by atoms with Crippen molar-refractivity contribution in [3.8, 4) is 0 Å². The molecule has 0 aliphatic carbocycles. The molecule has 0 unspecified atom stereocenters. The number of carbonyl (C=O) groups excluding carboxylic acids is 3. The fraction of sp³-hybridized carbons (Fsp3) is 0.312. The summed E-state index contributed by atoms with van der Waals surface area (Å²) in [7, 11) is 2.31. The predicted octanol–water partition coefficient (Wildman–Crippen LogP) is 0.286. The van der Waals surface area contributed by atoms with Gasteiger partial charge in [0.15, 0.2) is 0 Å². The third-order valence-electron chi connectivity index (χ3n) is 3.60. The average molecular weight is 352 g/mol. The van der Waals surface area contributed by atoms with Gasteiger partial charge in [0.1, 0.15) is 11.5 Å². The normalized spacial score (nSPS) is 13.9. The molecule has 9 heteroatoms. The van der Waals surface area contributed by atoms with Gasteiger partial charge in [-0.3, -0.25) is 4.79 Å². The van der Waals surface area contributed by atoms with E-state index in [-0.39, 0.29) is 42.2 Å². The van der Waals surface area contributed by atoms with Crippen molar-refractivity contribution in [3.63, 3.8) is 0 Å². The maximum Gasteiger partial charge on any atom is 0.340 e. The fourth-order valence-corrected chi connectivity index (χ4v) is 2.39. The van der Waals surface area contributed by atoms with E-state index in [0.717, 1.165) is 19.2 Å². The van der Waals surface area contributed by atoms with Gasteiger partial charge < -0.3 is 24.8 Å². The number of anilines is 1. The zero-order chi connectivity index (χ0) is 18.6. The van der Waals surface area contributed by atoms with Gasteiger partial charge in [0.25, 0.3) is 5.91 Å². The molecule has 25 heavy (non-hydrogen) atoms. The monoisotopic (exact) mass is 352 g/mol. The quantitative estimate of drug-likeness (QED) is 0.709. The van der Waals surface area contributed by atoms with E-state index >= 15 is 0 Å². The Bertz CT molecular complexity index is 746. The Balaban J connectivity index is 2.43. The minimum absolute atomic E-state index is 0.0256. The molecule has 0 fully saturated rings. The lowest BCUT2D eigenvalue weighted by atomic mass is 10.1. The summed E-state index contributed by atoms with van der Waals surface area (Å²) in [5.74, 6) is -2.74. The number of aliphatic hydroxyl groups is 1. The molecule has 1 aromatic carbocycles. The van der Waals surface area contributed by atoms with Crippen molar-refractivity contribution in [1.82, 2.24) is 4.90 Å². The van der Waals surface area contributed by atoms with E-state index in [4.69, 9.17) is 5.11 Å². The van der Waals surface area contributed by atoms with Gasteiger partial charge in [0.05, 0.1) is 44.2 Å². The number of benzene rings is 1.